The highest BCUT2D eigenvalue weighted by Crippen LogP contribution is 2.33. The van der Waals surface area contributed by atoms with E-state index < -0.39 is 0 Å². The predicted molar refractivity (Wildman–Crippen MR) is 129 cm³/mol. The molecule has 32 heavy (non-hydrogen) atoms. The number of hydrogen-bond donors (Lipinski definition) is 0. The van der Waals surface area contributed by atoms with E-state index in [1.165, 1.54) is 0 Å². The zero-order valence-corrected chi connectivity index (χ0v) is 19.2. The highest BCUT2D eigenvalue weighted by atomic mass is 16.2. The van der Waals surface area contributed by atoms with Crippen LogP contribution < -0.4 is 0 Å². The van der Waals surface area contributed by atoms with Crippen LogP contribution in [0.25, 0.3) is 16.5 Å². The zero-order valence-electron chi connectivity index (χ0n) is 19.2. The van der Waals surface area contributed by atoms with Gasteiger partial charge in [-0.3, -0.25) is 19.4 Å². The van der Waals surface area contributed by atoms with Gasteiger partial charge in [-0.1, -0.05) is 26.0 Å². The molecule has 166 valence electrons. The summed E-state index contributed by atoms with van der Waals surface area (Å²) in [6.45, 7) is 7.70. The maximum Gasteiger partial charge on any atom is 0.255 e. The number of likely N-dealkylation sites (tertiary alicyclic amines) is 1. The number of benzene rings is 1. The van der Waals surface area contributed by atoms with E-state index in [2.05, 4.69) is 42.1 Å². The summed E-state index contributed by atoms with van der Waals surface area (Å²) >= 11 is 0. The van der Waals surface area contributed by atoms with Crippen molar-refractivity contribution in [2.45, 2.75) is 33.1 Å². The average molecular weight is 430 g/mol. The minimum Gasteiger partial charge on any atom is -0.304 e. The van der Waals surface area contributed by atoms with Crippen LogP contribution in [0.3, 0.4) is 0 Å². The van der Waals surface area contributed by atoms with Gasteiger partial charge in [-0.25, -0.2) is 0 Å². The van der Waals surface area contributed by atoms with Gasteiger partial charge in [0.1, 0.15) is 0 Å². The van der Waals surface area contributed by atoms with E-state index in [0.29, 0.717) is 5.92 Å². The van der Waals surface area contributed by atoms with Crippen LogP contribution >= 0.6 is 0 Å². The Morgan fingerprint density at radius 2 is 2.00 bits per heavy atom. The van der Waals surface area contributed by atoms with Crippen molar-refractivity contribution in [3.05, 3.63) is 59.7 Å². The van der Waals surface area contributed by atoms with Crippen LogP contribution in [0.1, 0.15) is 38.7 Å². The molecule has 1 amide bonds. The Labute approximate surface area is 189 Å². The number of allylic oxidation sites excluding steroid dienone is 4. The van der Waals surface area contributed by atoms with E-state index in [-0.39, 0.29) is 11.8 Å². The highest BCUT2D eigenvalue weighted by molar-refractivity contribution is 6.02. The molecule has 0 spiro atoms. The van der Waals surface area contributed by atoms with Gasteiger partial charge in [-0.05, 0) is 68.1 Å². The van der Waals surface area contributed by atoms with Crippen LogP contribution in [0, 0.1) is 11.8 Å². The Hall–Kier alpha value is -2.99. The van der Waals surface area contributed by atoms with Crippen LogP contribution in [-0.2, 0) is 11.8 Å². The number of hydrogen-bond acceptors (Lipinski definition) is 4. The number of rotatable bonds is 3. The van der Waals surface area contributed by atoms with Crippen LogP contribution in [0.2, 0.25) is 0 Å². The lowest BCUT2D eigenvalue weighted by atomic mass is 9.88. The second-order valence-corrected chi connectivity index (χ2v) is 9.17. The molecule has 0 bridgehead atoms. The maximum atomic E-state index is 13.4. The molecule has 1 unspecified atom stereocenters. The number of nitrogens with zero attached hydrogens (tertiary/aromatic N) is 5. The lowest BCUT2D eigenvalue weighted by Gasteiger charge is -2.33. The van der Waals surface area contributed by atoms with Gasteiger partial charge in [0.15, 0.2) is 0 Å². The normalized spacial score (nSPS) is 22.8. The van der Waals surface area contributed by atoms with E-state index in [1.807, 2.05) is 42.5 Å². The lowest BCUT2D eigenvalue weighted by Crippen LogP contribution is -2.35. The van der Waals surface area contributed by atoms with Crippen molar-refractivity contribution in [3.8, 4) is 0 Å². The Bertz CT molecular complexity index is 1160. The molecule has 1 aromatic heterocycles. The number of piperidine rings is 1. The Morgan fingerprint density at radius 3 is 2.78 bits per heavy atom. The number of aryl methyl sites for hydroxylation is 1. The van der Waals surface area contributed by atoms with Gasteiger partial charge in [0.05, 0.1) is 23.1 Å². The minimum atomic E-state index is -0.00118. The molecule has 1 saturated heterocycles. The summed E-state index contributed by atoms with van der Waals surface area (Å²) in [5, 5.41) is 5.56. The molecular weight excluding hydrogens is 398 g/mol. The maximum absolute atomic E-state index is 13.4. The first kappa shape index (κ1) is 20.9. The molecule has 6 nitrogen and oxygen atoms in total. The number of carbonyl (C=O) groups excluding carboxylic acids is 1. The first-order valence-electron chi connectivity index (χ1n) is 11.7. The fourth-order valence-corrected chi connectivity index (χ4v) is 5.01. The summed E-state index contributed by atoms with van der Waals surface area (Å²) in [6, 6.07) is 6.26. The summed E-state index contributed by atoms with van der Waals surface area (Å²) in [5.74, 6) is 0.655. The second kappa shape index (κ2) is 8.51. The molecular formula is C26H31N5O. The van der Waals surface area contributed by atoms with E-state index >= 15 is 0 Å². The van der Waals surface area contributed by atoms with Crippen LogP contribution in [0.15, 0.2) is 59.1 Å². The standard InChI is InChI=1S/C26H31N5O/c1-4-30-11-9-19(10-12-30)25-17-31-22(15-27-25)7-5-18(2)23(14-26(31)32)20-6-8-24-21(13-20)16-29(3)28-24/h6-8,13-19H,4-5,9-12H2,1-3H3. The summed E-state index contributed by atoms with van der Waals surface area (Å²) in [6.07, 6.45) is 12.9. The first-order chi connectivity index (χ1) is 15.5. The van der Waals surface area contributed by atoms with Crippen molar-refractivity contribution in [1.82, 2.24) is 19.6 Å². The molecule has 5 rings (SSSR count). The van der Waals surface area contributed by atoms with E-state index in [1.54, 1.807) is 4.90 Å². The van der Waals surface area contributed by atoms with Crippen LogP contribution in [-0.4, -0.2) is 51.3 Å². The second-order valence-electron chi connectivity index (χ2n) is 9.17. The number of carbonyl (C=O) groups is 1. The number of amides is 1. The van der Waals surface area contributed by atoms with E-state index in [4.69, 9.17) is 4.99 Å². The summed E-state index contributed by atoms with van der Waals surface area (Å²) in [4.78, 5) is 22.4. The smallest absolute Gasteiger partial charge is 0.255 e. The number of aliphatic imine (C=N–C) groups is 1. The van der Waals surface area contributed by atoms with Crippen LogP contribution in [0.4, 0.5) is 0 Å². The lowest BCUT2D eigenvalue weighted by molar-refractivity contribution is -0.122. The third-order valence-corrected chi connectivity index (χ3v) is 7.02. The molecule has 1 atom stereocenters. The van der Waals surface area contributed by atoms with E-state index in [0.717, 1.165) is 72.3 Å². The van der Waals surface area contributed by atoms with Crippen molar-refractivity contribution in [3.63, 3.8) is 0 Å². The average Bonchev–Trinajstić information content (AvgIpc) is 3.19. The molecule has 0 aliphatic carbocycles. The van der Waals surface area contributed by atoms with E-state index in [9.17, 15) is 4.79 Å². The summed E-state index contributed by atoms with van der Waals surface area (Å²) in [5.41, 5.74) is 5.05. The predicted octanol–water partition coefficient (Wildman–Crippen LogP) is 4.37. The van der Waals surface area contributed by atoms with Gasteiger partial charge in [0, 0.05) is 36.8 Å². The molecule has 0 N–H and O–H groups in total. The van der Waals surface area contributed by atoms with Crippen molar-refractivity contribution >= 4 is 28.6 Å². The fourth-order valence-electron chi connectivity index (χ4n) is 5.01. The van der Waals surface area contributed by atoms with Gasteiger partial charge >= 0.3 is 0 Å². The van der Waals surface area contributed by atoms with Gasteiger partial charge in [-0.2, -0.15) is 5.10 Å². The summed E-state index contributed by atoms with van der Waals surface area (Å²) in [7, 11) is 1.93. The first-order valence-corrected chi connectivity index (χ1v) is 11.7. The molecule has 4 heterocycles. The van der Waals surface area contributed by atoms with Crippen molar-refractivity contribution in [1.29, 1.82) is 0 Å². The zero-order chi connectivity index (χ0) is 22.2. The Balaban J connectivity index is 1.44. The monoisotopic (exact) mass is 429 g/mol. The SMILES string of the molecule is CCN1CCC(C2=CN3C(=O)C=C(c4ccc5nn(C)cc5c4)C(C)CC=C3C=N2)CC1. The van der Waals surface area contributed by atoms with Gasteiger partial charge in [-0.15, -0.1) is 0 Å². The number of fused-ring (bicyclic) bond motifs is 2. The Kier molecular flexibility index (Phi) is 5.55. The van der Waals surface area contributed by atoms with Gasteiger partial charge < -0.3 is 4.90 Å². The molecule has 0 radical (unpaired) electrons. The van der Waals surface area contributed by atoms with Gasteiger partial charge in [0.25, 0.3) is 5.91 Å². The molecule has 6 heteroatoms. The molecule has 0 saturated carbocycles. The number of aromatic nitrogens is 2. The molecule has 1 aromatic carbocycles. The largest absolute Gasteiger partial charge is 0.304 e. The van der Waals surface area contributed by atoms with Crippen molar-refractivity contribution < 1.29 is 4.79 Å². The third kappa shape index (κ3) is 3.95. The minimum absolute atomic E-state index is 0.00118. The molecule has 2 aromatic rings. The van der Waals surface area contributed by atoms with Crippen molar-refractivity contribution in [2.75, 3.05) is 19.6 Å². The van der Waals surface area contributed by atoms with Crippen LogP contribution in [0.5, 0.6) is 0 Å². The Morgan fingerprint density at radius 1 is 1.19 bits per heavy atom. The van der Waals surface area contributed by atoms with Gasteiger partial charge in [0.2, 0.25) is 0 Å². The summed E-state index contributed by atoms with van der Waals surface area (Å²) < 4.78 is 1.83. The topological polar surface area (TPSA) is 53.7 Å². The highest BCUT2D eigenvalue weighted by Gasteiger charge is 2.27. The molecule has 1 fully saturated rings. The quantitative estimate of drug-likeness (QED) is 0.728. The fraction of sp³-hybridized carbons (Fsp3) is 0.423. The molecule has 3 aliphatic heterocycles. The van der Waals surface area contributed by atoms with Crippen molar-refractivity contribution in [2.24, 2.45) is 23.9 Å². The molecule has 3 aliphatic rings. The third-order valence-electron chi connectivity index (χ3n) is 7.02.